The Balaban J connectivity index is 3.09. The molecule has 0 N–H and O–H groups in total. The van der Waals surface area contributed by atoms with Gasteiger partial charge in [-0.15, -0.1) is 0 Å². The molecule has 0 spiro atoms. The van der Waals surface area contributed by atoms with Crippen molar-refractivity contribution in [3.8, 4) is 0 Å². The van der Waals surface area contributed by atoms with Crippen LogP contribution in [-0.2, 0) is 23.7 Å². The summed E-state index contributed by atoms with van der Waals surface area (Å²) in [6.45, 7) is 8.44. The van der Waals surface area contributed by atoms with Crippen LogP contribution in [0.25, 0.3) is 0 Å². The Morgan fingerprint density at radius 3 is 1.88 bits per heavy atom. The Labute approximate surface area is 98.0 Å². The molecule has 0 heterocycles. The van der Waals surface area contributed by atoms with Gasteiger partial charge in [0.05, 0.1) is 26.4 Å². The molecule has 2 atom stereocenters. The lowest BCUT2D eigenvalue weighted by atomic mass is 10.6. The van der Waals surface area contributed by atoms with Crippen molar-refractivity contribution in [1.29, 1.82) is 0 Å². The molecular weight excluding hydrogens is 212 g/mol. The van der Waals surface area contributed by atoms with Crippen molar-refractivity contribution < 1.29 is 23.7 Å². The first-order valence-electron chi connectivity index (χ1n) is 5.66. The molecule has 0 saturated carbocycles. The molecule has 0 aliphatic rings. The number of rotatable bonds is 11. The molecule has 0 rings (SSSR count). The van der Waals surface area contributed by atoms with Gasteiger partial charge < -0.3 is 23.7 Å². The maximum Gasteiger partial charge on any atom is 0.154 e. The van der Waals surface area contributed by atoms with E-state index in [-0.39, 0.29) is 12.6 Å². The van der Waals surface area contributed by atoms with Crippen LogP contribution in [0.5, 0.6) is 0 Å². The summed E-state index contributed by atoms with van der Waals surface area (Å²) in [5.41, 5.74) is 0. The van der Waals surface area contributed by atoms with E-state index in [0.29, 0.717) is 33.0 Å². The highest BCUT2D eigenvalue weighted by Gasteiger charge is 2.00. The Morgan fingerprint density at radius 1 is 0.812 bits per heavy atom. The van der Waals surface area contributed by atoms with Gasteiger partial charge in [0.25, 0.3) is 0 Å². The van der Waals surface area contributed by atoms with Gasteiger partial charge in [0.2, 0.25) is 0 Å². The highest BCUT2D eigenvalue weighted by Crippen LogP contribution is 1.93. The van der Waals surface area contributed by atoms with E-state index in [2.05, 4.69) is 0 Å². The fourth-order valence-electron chi connectivity index (χ4n) is 0.999. The lowest BCUT2D eigenvalue weighted by Crippen LogP contribution is -2.18. The van der Waals surface area contributed by atoms with Crippen molar-refractivity contribution in [3.63, 3.8) is 0 Å². The largest absolute Gasteiger partial charge is 0.377 e. The third-order valence-electron chi connectivity index (χ3n) is 1.89. The molecule has 0 aromatic heterocycles. The van der Waals surface area contributed by atoms with E-state index in [1.165, 1.54) is 0 Å². The number of ether oxygens (including phenoxy) is 5. The third-order valence-corrected chi connectivity index (χ3v) is 1.89. The van der Waals surface area contributed by atoms with Gasteiger partial charge >= 0.3 is 0 Å². The molecule has 0 radical (unpaired) electrons. The van der Waals surface area contributed by atoms with Crippen molar-refractivity contribution in [3.05, 3.63) is 0 Å². The molecule has 5 heteroatoms. The van der Waals surface area contributed by atoms with E-state index in [0.717, 1.165) is 0 Å². The molecule has 16 heavy (non-hydrogen) atoms. The van der Waals surface area contributed by atoms with Crippen LogP contribution in [0.1, 0.15) is 20.8 Å². The summed E-state index contributed by atoms with van der Waals surface area (Å²) in [7, 11) is 1.61. The van der Waals surface area contributed by atoms with Crippen molar-refractivity contribution in [1.82, 2.24) is 0 Å². The van der Waals surface area contributed by atoms with Crippen molar-refractivity contribution in [2.24, 2.45) is 0 Å². The van der Waals surface area contributed by atoms with Crippen LogP contribution in [0.2, 0.25) is 0 Å². The average molecular weight is 236 g/mol. The molecule has 0 aromatic rings. The zero-order valence-corrected chi connectivity index (χ0v) is 10.7. The predicted octanol–water partition coefficient (Wildman–Crippen LogP) is 1.41. The van der Waals surface area contributed by atoms with Gasteiger partial charge in [-0.1, -0.05) is 0 Å². The van der Waals surface area contributed by atoms with Gasteiger partial charge in [-0.25, -0.2) is 0 Å². The van der Waals surface area contributed by atoms with E-state index >= 15 is 0 Å². The summed E-state index contributed by atoms with van der Waals surface area (Å²) in [6, 6.07) is 0. The van der Waals surface area contributed by atoms with Crippen molar-refractivity contribution in [2.75, 3.05) is 40.1 Å². The topological polar surface area (TPSA) is 46.2 Å². The Morgan fingerprint density at radius 2 is 1.38 bits per heavy atom. The highest BCUT2D eigenvalue weighted by molar-refractivity contribution is 4.36. The summed E-state index contributed by atoms with van der Waals surface area (Å²) in [5, 5.41) is 0. The smallest absolute Gasteiger partial charge is 0.154 e. The van der Waals surface area contributed by atoms with Crippen molar-refractivity contribution >= 4 is 0 Å². The minimum Gasteiger partial charge on any atom is -0.377 e. The summed E-state index contributed by atoms with van der Waals surface area (Å²) in [4.78, 5) is 0. The van der Waals surface area contributed by atoms with Gasteiger partial charge in [-0.05, 0) is 20.8 Å². The second kappa shape index (κ2) is 11.3. The van der Waals surface area contributed by atoms with Gasteiger partial charge in [-0.3, -0.25) is 0 Å². The van der Waals surface area contributed by atoms with E-state index in [9.17, 15) is 0 Å². The first-order chi connectivity index (χ1) is 7.70. The molecular formula is C11H24O5. The van der Waals surface area contributed by atoms with Gasteiger partial charge in [0.15, 0.2) is 12.6 Å². The lowest BCUT2D eigenvalue weighted by molar-refractivity contribution is -0.143. The Bertz CT molecular complexity index is 142. The van der Waals surface area contributed by atoms with Gasteiger partial charge in [0, 0.05) is 13.7 Å². The van der Waals surface area contributed by atoms with Gasteiger partial charge in [0.1, 0.15) is 0 Å². The quantitative estimate of drug-likeness (QED) is 0.401. The fraction of sp³-hybridized carbons (Fsp3) is 1.00. The van der Waals surface area contributed by atoms with E-state index < -0.39 is 0 Å². The van der Waals surface area contributed by atoms with Crippen molar-refractivity contribution in [2.45, 2.75) is 33.4 Å². The second-order valence-corrected chi connectivity index (χ2v) is 3.18. The molecule has 98 valence electrons. The zero-order chi connectivity index (χ0) is 12.2. The third kappa shape index (κ3) is 10.3. The summed E-state index contributed by atoms with van der Waals surface area (Å²) < 4.78 is 26.0. The zero-order valence-electron chi connectivity index (χ0n) is 10.7. The fourth-order valence-corrected chi connectivity index (χ4v) is 0.999. The molecule has 0 bridgehead atoms. The number of methoxy groups -OCH3 is 1. The molecule has 0 aliphatic carbocycles. The standard InChI is InChI=1S/C11H24O5/c1-5-14-11(3)16-9-7-13-6-8-15-10(2)12-4/h10-11H,5-9H2,1-4H3. The maximum absolute atomic E-state index is 5.32. The summed E-state index contributed by atoms with van der Waals surface area (Å²) >= 11 is 0. The van der Waals surface area contributed by atoms with E-state index in [1.54, 1.807) is 7.11 Å². The highest BCUT2D eigenvalue weighted by atomic mass is 16.7. The molecule has 0 aliphatic heterocycles. The summed E-state index contributed by atoms with van der Waals surface area (Å²) in [5.74, 6) is 0. The minimum absolute atomic E-state index is 0.168. The van der Waals surface area contributed by atoms with Crippen LogP contribution >= 0.6 is 0 Å². The first kappa shape index (κ1) is 15.8. The van der Waals surface area contributed by atoms with Crippen LogP contribution in [-0.4, -0.2) is 52.7 Å². The normalized spacial score (nSPS) is 15.0. The van der Waals surface area contributed by atoms with Crippen LogP contribution in [0.4, 0.5) is 0 Å². The van der Waals surface area contributed by atoms with Crippen LogP contribution in [0.3, 0.4) is 0 Å². The monoisotopic (exact) mass is 236 g/mol. The molecule has 0 saturated heterocycles. The van der Waals surface area contributed by atoms with E-state index in [4.69, 9.17) is 23.7 Å². The molecule has 0 amide bonds. The second-order valence-electron chi connectivity index (χ2n) is 3.18. The molecule has 0 fully saturated rings. The Hall–Kier alpha value is -0.200. The SMILES string of the molecule is CCOC(C)OCCOCCOC(C)OC. The first-order valence-corrected chi connectivity index (χ1v) is 5.66. The minimum atomic E-state index is -0.183. The van der Waals surface area contributed by atoms with E-state index in [1.807, 2.05) is 20.8 Å². The van der Waals surface area contributed by atoms with Crippen LogP contribution in [0, 0.1) is 0 Å². The predicted molar refractivity (Wildman–Crippen MR) is 60.3 cm³/mol. The summed E-state index contributed by atoms with van der Waals surface area (Å²) in [6.07, 6.45) is -0.351. The number of hydrogen-bond donors (Lipinski definition) is 0. The lowest BCUT2D eigenvalue weighted by Gasteiger charge is -2.13. The Kier molecular flexibility index (Phi) is 11.1. The molecule has 5 nitrogen and oxygen atoms in total. The van der Waals surface area contributed by atoms with Crippen LogP contribution < -0.4 is 0 Å². The average Bonchev–Trinajstić information content (AvgIpc) is 2.27. The molecule has 2 unspecified atom stereocenters. The maximum atomic E-state index is 5.32. The molecule has 0 aromatic carbocycles. The van der Waals surface area contributed by atoms with Gasteiger partial charge in [-0.2, -0.15) is 0 Å². The number of hydrogen-bond acceptors (Lipinski definition) is 5. The van der Waals surface area contributed by atoms with Crippen LogP contribution in [0.15, 0.2) is 0 Å².